The number of ether oxygens (including phenoxy) is 3. The van der Waals surface area contributed by atoms with Gasteiger partial charge in [-0.25, -0.2) is 5.43 Å². The molecule has 36 heavy (non-hydrogen) atoms. The second kappa shape index (κ2) is 12.8. The molecule has 2 N–H and O–H groups in total. The van der Waals surface area contributed by atoms with E-state index in [4.69, 9.17) is 25.8 Å². The minimum Gasteiger partial charge on any atom is -0.493 e. The zero-order valence-electron chi connectivity index (χ0n) is 19.5. The van der Waals surface area contributed by atoms with Crippen molar-refractivity contribution < 1.29 is 23.8 Å². The molecule has 3 rings (SSSR count). The summed E-state index contributed by atoms with van der Waals surface area (Å²) in [6.07, 6.45) is 1.42. The number of aryl methyl sites for hydroxylation is 1. The summed E-state index contributed by atoms with van der Waals surface area (Å²) in [7, 11) is 3.00. The van der Waals surface area contributed by atoms with Crippen LogP contribution in [0.25, 0.3) is 0 Å². The standard InChI is InChI=1S/C25H22Br2ClN3O5/c1-14-4-6-18(11-20(14)28)30-23(32)13-36-24-16(8-17(26)10-19(24)27)12-29-31-25(33)15-5-7-21(34-2)22(9-15)35-3/h4-12H,13H2,1-3H3,(H,30,32)(H,31,33)/b29-12+. The zero-order chi connectivity index (χ0) is 26.2. The Balaban J connectivity index is 1.69. The Labute approximate surface area is 230 Å². The first kappa shape index (κ1) is 27.5. The molecule has 0 aliphatic heterocycles. The van der Waals surface area contributed by atoms with Crippen molar-refractivity contribution in [3.8, 4) is 17.2 Å². The number of anilines is 1. The third-order valence-corrected chi connectivity index (χ3v) is 6.31. The quantitative estimate of drug-likeness (QED) is 0.222. The first-order valence-electron chi connectivity index (χ1n) is 10.4. The molecule has 11 heteroatoms. The Hall–Kier alpha value is -3.08. The van der Waals surface area contributed by atoms with Gasteiger partial charge in [0.1, 0.15) is 5.75 Å². The van der Waals surface area contributed by atoms with E-state index in [0.29, 0.717) is 43.6 Å². The maximum absolute atomic E-state index is 12.5. The molecule has 0 aliphatic carbocycles. The fourth-order valence-corrected chi connectivity index (χ4v) is 4.59. The molecule has 2 amide bonds. The number of carbonyl (C=O) groups is 2. The molecule has 0 fully saturated rings. The fraction of sp³-hybridized carbons (Fsp3) is 0.160. The summed E-state index contributed by atoms with van der Waals surface area (Å²) in [6.45, 7) is 1.62. The molecule has 0 aromatic heterocycles. The van der Waals surface area contributed by atoms with Crippen LogP contribution in [0.3, 0.4) is 0 Å². The van der Waals surface area contributed by atoms with Crippen LogP contribution in [0, 0.1) is 6.92 Å². The van der Waals surface area contributed by atoms with E-state index < -0.39 is 5.91 Å². The Kier molecular flexibility index (Phi) is 9.74. The van der Waals surface area contributed by atoms with E-state index in [1.807, 2.05) is 13.0 Å². The summed E-state index contributed by atoms with van der Waals surface area (Å²) in [5.74, 6) is 0.494. The molecule has 8 nitrogen and oxygen atoms in total. The van der Waals surface area contributed by atoms with Crippen LogP contribution in [-0.4, -0.2) is 38.9 Å². The highest BCUT2D eigenvalue weighted by Gasteiger charge is 2.13. The van der Waals surface area contributed by atoms with Crippen LogP contribution >= 0.6 is 43.5 Å². The van der Waals surface area contributed by atoms with Crippen molar-refractivity contribution in [2.24, 2.45) is 5.10 Å². The van der Waals surface area contributed by atoms with Crippen LogP contribution in [0.15, 0.2) is 62.6 Å². The maximum atomic E-state index is 12.5. The smallest absolute Gasteiger partial charge is 0.271 e. The number of rotatable bonds is 9. The van der Waals surface area contributed by atoms with Gasteiger partial charge in [-0.05, 0) is 70.9 Å². The van der Waals surface area contributed by atoms with Crippen LogP contribution in [0.1, 0.15) is 21.5 Å². The summed E-state index contributed by atoms with van der Waals surface area (Å²) in [5.41, 5.74) is 4.80. The summed E-state index contributed by atoms with van der Waals surface area (Å²) in [6, 6.07) is 13.5. The number of methoxy groups -OCH3 is 2. The van der Waals surface area contributed by atoms with Gasteiger partial charge < -0.3 is 19.5 Å². The molecule has 0 spiro atoms. The van der Waals surface area contributed by atoms with E-state index in [9.17, 15) is 9.59 Å². The van der Waals surface area contributed by atoms with E-state index >= 15 is 0 Å². The van der Waals surface area contributed by atoms with Gasteiger partial charge in [-0.2, -0.15) is 5.10 Å². The van der Waals surface area contributed by atoms with Crippen LogP contribution in [0.4, 0.5) is 5.69 Å². The van der Waals surface area contributed by atoms with Crippen molar-refractivity contribution in [2.45, 2.75) is 6.92 Å². The number of amides is 2. The number of nitrogens with zero attached hydrogens (tertiary/aromatic N) is 1. The molecule has 0 bridgehead atoms. The molecular weight excluding hydrogens is 618 g/mol. The minimum absolute atomic E-state index is 0.259. The summed E-state index contributed by atoms with van der Waals surface area (Å²) in [5, 5.41) is 7.33. The molecular formula is C25H22Br2ClN3O5. The molecule has 0 saturated heterocycles. The molecule has 0 heterocycles. The Morgan fingerprint density at radius 1 is 1.03 bits per heavy atom. The third-order valence-electron chi connectivity index (χ3n) is 4.86. The predicted octanol–water partition coefficient (Wildman–Crippen LogP) is 5.97. The summed E-state index contributed by atoms with van der Waals surface area (Å²) in [4.78, 5) is 24.9. The first-order chi connectivity index (χ1) is 17.2. The second-order valence-corrected chi connectivity index (χ2v) is 9.55. The first-order valence-corrected chi connectivity index (χ1v) is 12.4. The third kappa shape index (κ3) is 7.22. The van der Waals surface area contributed by atoms with Gasteiger partial charge in [-0.1, -0.05) is 33.6 Å². The van der Waals surface area contributed by atoms with Gasteiger partial charge in [0.15, 0.2) is 18.1 Å². The minimum atomic E-state index is -0.445. The van der Waals surface area contributed by atoms with Gasteiger partial charge in [0.2, 0.25) is 0 Å². The van der Waals surface area contributed by atoms with E-state index in [2.05, 4.69) is 47.7 Å². The van der Waals surface area contributed by atoms with Crippen LogP contribution in [0.5, 0.6) is 17.2 Å². The van der Waals surface area contributed by atoms with Gasteiger partial charge in [0, 0.05) is 26.3 Å². The highest BCUT2D eigenvalue weighted by atomic mass is 79.9. The van der Waals surface area contributed by atoms with Gasteiger partial charge in [-0.3, -0.25) is 9.59 Å². The van der Waals surface area contributed by atoms with Crippen molar-refractivity contribution >= 4 is 67.2 Å². The van der Waals surface area contributed by atoms with Crippen molar-refractivity contribution in [1.29, 1.82) is 0 Å². The molecule has 0 saturated carbocycles. The van der Waals surface area contributed by atoms with Crippen molar-refractivity contribution in [3.05, 3.63) is 79.2 Å². The number of hydrogen-bond acceptors (Lipinski definition) is 6. The topological polar surface area (TPSA) is 98.3 Å². The normalized spacial score (nSPS) is 10.7. The number of nitrogens with one attached hydrogen (secondary N) is 2. The lowest BCUT2D eigenvalue weighted by Gasteiger charge is -2.12. The molecule has 0 radical (unpaired) electrons. The highest BCUT2D eigenvalue weighted by molar-refractivity contribution is 9.11. The monoisotopic (exact) mass is 637 g/mol. The predicted molar refractivity (Wildman–Crippen MR) is 147 cm³/mol. The van der Waals surface area contributed by atoms with Gasteiger partial charge >= 0.3 is 0 Å². The van der Waals surface area contributed by atoms with Crippen LogP contribution < -0.4 is 25.0 Å². The number of hydrazone groups is 1. The highest BCUT2D eigenvalue weighted by Crippen LogP contribution is 2.32. The molecule has 188 valence electrons. The van der Waals surface area contributed by atoms with E-state index in [1.165, 1.54) is 20.4 Å². The lowest BCUT2D eigenvalue weighted by atomic mass is 10.2. The van der Waals surface area contributed by atoms with Crippen molar-refractivity contribution in [2.75, 3.05) is 26.1 Å². The van der Waals surface area contributed by atoms with Crippen LogP contribution in [-0.2, 0) is 4.79 Å². The second-order valence-electron chi connectivity index (χ2n) is 7.38. The fourth-order valence-electron chi connectivity index (χ4n) is 3.04. The number of halogens is 3. The van der Waals surface area contributed by atoms with Crippen molar-refractivity contribution in [1.82, 2.24) is 5.43 Å². The zero-order valence-corrected chi connectivity index (χ0v) is 23.5. The average molecular weight is 640 g/mol. The Morgan fingerprint density at radius 3 is 2.47 bits per heavy atom. The molecule has 3 aromatic carbocycles. The SMILES string of the molecule is COc1ccc(C(=O)N/N=C/c2cc(Br)cc(Br)c2OCC(=O)Nc2ccc(C)c(Cl)c2)cc1OC. The maximum Gasteiger partial charge on any atom is 0.271 e. The summed E-state index contributed by atoms with van der Waals surface area (Å²) < 4.78 is 17.5. The Morgan fingerprint density at radius 2 is 1.78 bits per heavy atom. The number of carbonyl (C=O) groups excluding carboxylic acids is 2. The number of benzene rings is 3. The molecule has 0 aliphatic rings. The average Bonchev–Trinajstić information content (AvgIpc) is 2.85. The number of hydrogen-bond donors (Lipinski definition) is 2. The summed E-state index contributed by atoms with van der Waals surface area (Å²) >= 11 is 13.0. The largest absolute Gasteiger partial charge is 0.493 e. The van der Waals surface area contributed by atoms with E-state index in [0.717, 1.165) is 10.0 Å². The lowest BCUT2D eigenvalue weighted by Crippen LogP contribution is -2.21. The van der Waals surface area contributed by atoms with Gasteiger partial charge in [0.25, 0.3) is 11.8 Å². The molecule has 3 aromatic rings. The van der Waals surface area contributed by atoms with Crippen LogP contribution in [0.2, 0.25) is 5.02 Å². The van der Waals surface area contributed by atoms with Crippen molar-refractivity contribution in [3.63, 3.8) is 0 Å². The van der Waals surface area contributed by atoms with E-state index in [1.54, 1.807) is 42.5 Å². The van der Waals surface area contributed by atoms with E-state index in [-0.39, 0.29) is 12.5 Å². The molecule has 0 atom stereocenters. The Bertz CT molecular complexity index is 1320. The van der Waals surface area contributed by atoms with Gasteiger partial charge in [0.05, 0.1) is 24.9 Å². The van der Waals surface area contributed by atoms with Gasteiger partial charge in [-0.15, -0.1) is 0 Å². The lowest BCUT2D eigenvalue weighted by molar-refractivity contribution is -0.118. The molecule has 0 unspecified atom stereocenters.